The topological polar surface area (TPSA) is 136 Å². The van der Waals surface area contributed by atoms with Gasteiger partial charge in [0.05, 0.1) is 5.39 Å². The van der Waals surface area contributed by atoms with E-state index in [9.17, 15) is 19.2 Å². The quantitative estimate of drug-likeness (QED) is 0.571. The van der Waals surface area contributed by atoms with E-state index in [0.717, 1.165) is 11.1 Å². The number of anilines is 2. The zero-order valence-electron chi connectivity index (χ0n) is 18.7. The Morgan fingerprint density at radius 2 is 1.84 bits per heavy atom. The number of rotatable bonds is 7. The van der Waals surface area contributed by atoms with Crippen LogP contribution in [0.15, 0.2) is 38.6 Å². The fraction of sp³-hybridized carbons (Fsp3) is 0.409. The third kappa shape index (κ3) is 4.20. The first-order valence-electron chi connectivity index (χ1n) is 10.6. The molecule has 0 saturated heterocycles. The summed E-state index contributed by atoms with van der Waals surface area (Å²) in [5.41, 5.74) is 4.48. The number of carbonyl (C=O) groups excluding carboxylic acids is 1. The molecule has 0 spiro atoms. The van der Waals surface area contributed by atoms with E-state index in [2.05, 4.69) is 10.1 Å². The number of aromatic amines is 1. The van der Waals surface area contributed by atoms with Gasteiger partial charge in [0.2, 0.25) is 0 Å². The average Bonchev–Trinajstić information content (AvgIpc) is 2.74. The highest BCUT2D eigenvalue weighted by Crippen LogP contribution is 2.23. The molecule has 2 aromatic heterocycles. The smallest absolute Gasteiger partial charge is 0.330 e. The number of aryl methyl sites for hydroxylation is 1. The Bertz CT molecular complexity index is 1330. The van der Waals surface area contributed by atoms with Crippen LogP contribution in [-0.2, 0) is 13.6 Å². The van der Waals surface area contributed by atoms with Gasteiger partial charge in [-0.25, -0.2) is 9.48 Å². The third-order valence-electron chi connectivity index (χ3n) is 5.17. The molecule has 10 nitrogen and oxygen atoms in total. The van der Waals surface area contributed by atoms with Gasteiger partial charge in [-0.05, 0) is 18.4 Å². The molecule has 0 unspecified atom stereocenters. The van der Waals surface area contributed by atoms with E-state index in [0.29, 0.717) is 23.7 Å². The summed E-state index contributed by atoms with van der Waals surface area (Å²) in [6, 6.07) is 6.67. The summed E-state index contributed by atoms with van der Waals surface area (Å²) in [5, 5.41) is 4.91. The van der Waals surface area contributed by atoms with Crippen molar-refractivity contribution in [3.63, 3.8) is 0 Å². The summed E-state index contributed by atoms with van der Waals surface area (Å²) < 4.78 is 2.37. The van der Waals surface area contributed by atoms with Crippen LogP contribution in [0.2, 0.25) is 0 Å². The molecule has 0 bridgehead atoms. The standard InChI is InChI=1S/C22H28N6O4/c1-5-6-11-27-18(23)17(19(29)24-22(27)32)28(12-13(2)3)21(31)16-14-9-7-8-10-15(14)20(30)26(4)25-16/h7-10,13H,5-6,11-12,23H2,1-4H3,(H,24,29,32). The van der Waals surface area contributed by atoms with Gasteiger partial charge in [-0.3, -0.25) is 28.8 Å². The minimum atomic E-state index is -0.747. The number of aromatic nitrogens is 4. The highest BCUT2D eigenvalue weighted by atomic mass is 16.2. The lowest BCUT2D eigenvalue weighted by Crippen LogP contribution is -2.43. The molecule has 3 rings (SSSR count). The third-order valence-corrected chi connectivity index (χ3v) is 5.17. The number of fused-ring (bicyclic) bond motifs is 1. The normalized spacial score (nSPS) is 11.3. The van der Waals surface area contributed by atoms with Gasteiger partial charge in [0.15, 0.2) is 11.4 Å². The zero-order chi connectivity index (χ0) is 23.6. The number of nitrogens with zero attached hydrogens (tertiary/aromatic N) is 4. The number of nitrogen functional groups attached to an aromatic ring is 1. The lowest BCUT2D eigenvalue weighted by molar-refractivity contribution is 0.0978. The Balaban J connectivity index is 2.26. The molecule has 170 valence electrons. The molecule has 0 radical (unpaired) electrons. The first-order valence-corrected chi connectivity index (χ1v) is 10.6. The summed E-state index contributed by atoms with van der Waals surface area (Å²) in [6.07, 6.45) is 1.50. The lowest BCUT2D eigenvalue weighted by Gasteiger charge is -2.26. The molecule has 0 aliphatic carbocycles. The summed E-state index contributed by atoms with van der Waals surface area (Å²) in [4.78, 5) is 54.9. The number of hydrogen-bond donors (Lipinski definition) is 2. The van der Waals surface area contributed by atoms with Crippen LogP contribution < -0.4 is 27.4 Å². The molecule has 10 heteroatoms. The van der Waals surface area contributed by atoms with E-state index in [1.54, 1.807) is 24.3 Å². The van der Waals surface area contributed by atoms with Crippen LogP contribution in [0.1, 0.15) is 44.1 Å². The maximum atomic E-state index is 13.7. The second kappa shape index (κ2) is 9.21. The number of unbranched alkanes of at least 4 members (excludes halogenated alkanes) is 1. The van der Waals surface area contributed by atoms with E-state index in [4.69, 9.17) is 5.73 Å². The van der Waals surface area contributed by atoms with Crippen molar-refractivity contribution >= 4 is 28.2 Å². The van der Waals surface area contributed by atoms with Gasteiger partial charge in [0.1, 0.15) is 5.82 Å². The maximum Gasteiger partial charge on any atom is 0.330 e. The Labute approximate surface area is 184 Å². The van der Waals surface area contributed by atoms with Gasteiger partial charge in [0.25, 0.3) is 17.0 Å². The van der Waals surface area contributed by atoms with Crippen molar-refractivity contribution in [3.05, 3.63) is 61.2 Å². The number of hydrogen-bond acceptors (Lipinski definition) is 6. The molecule has 32 heavy (non-hydrogen) atoms. The predicted molar refractivity (Wildman–Crippen MR) is 124 cm³/mol. The summed E-state index contributed by atoms with van der Waals surface area (Å²) in [7, 11) is 1.46. The molecular weight excluding hydrogens is 412 g/mol. The number of carbonyl (C=O) groups is 1. The molecular formula is C22H28N6O4. The van der Waals surface area contributed by atoms with Crippen molar-refractivity contribution in [3.8, 4) is 0 Å². The molecule has 1 amide bonds. The molecule has 0 atom stereocenters. The molecule has 0 aliphatic rings. The Hall–Kier alpha value is -3.69. The fourth-order valence-electron chi connectivity index (χ4n) is 3.60. The summed E-state index contributed by atoms with van der Waals surface area (Å²) in [6.45, 7) is 6.24. The second-order valence-electron chi connectivity index (χ2n) is 8.13. The van der Waals surface area contributed by atoms with E-state index in [-0.39, 0.29) is 35.2 Å². The van der Waals surface area contributed by atoms with E-state index in [1.165, 1.54) is 16.5 Å². The lowest BCUT2D eigenvalue weighted by atomic mass is 10.1. The van der Waals surface area contributed by atoms with Crippen molar-refractivity contribution in [2.75, 3.05) is 17.2 Å². The van der Waals surface area contributed by atoms with Crippen molar-refractivity contribution in [2.24, 2.45) is 13.0 Å². The summed E-state index contributed by atoms with van der Waals surface area (Å²) >= 11 is 0. The predicted octanol–water partition coefficient (Wildman–Crippen LogP) is 1.47. The van der Waals surface area contributed by atoms with E-state index in [1.807, 2.05) is 20.8 Å². The first-order chi connectivity index (χ1) is 15.2. The molecule has 3 aromatic rings. The Morgan fingerprint density at radius 1 is 1.19 bits per heavy atom. The highest BCUT2D eigenvalue weighted by molar-refractivity contribution is 6.13. The van der Waals surface area contributed by atoms with Gasteiger partial charge >= 0.3 is 5.69 Å². The van der Waals surface area contributed by atoms with Gasteiger partial charge in [0, 0.05) is 25.5 Å². The van der Waals surface area contributed by atoms with Crippen LogP contribution >= 0.6 is 0 Å². The largest absolute Gasteiger partial charge is 0.383 e. The molecule has 0 fully saturated rings. The van der Waals surface area contributed by atoms with Crippen LogP contribution in [-0.4, -0.2) is 31.8 Å². The Morgan fingerprint density at radius 3 is 2.47 bits per heavy atom. The summed E-state index contributed by atoms with van der Waals surface area (Å²) in [5.74, 6) is -0.675. The van der Waals surface area contributed by atoms with Crippen LogP contribution in [0.5, 0.6) is 0 Å². The Kier molecular flexibility index (Phi) is 6.61. The number of nitrogens with one attached hydrogen (secondary N) is 1. The van der Waals surface area contributed by atoms with Gasteiger partial charge in [-0.1, -0.05) is 45.4 Å². The van der Waals surface area contributed by atoms with E-state index >= 15 is 0 Å². The molecule has 0 aliphatic heterocycles. The van der Waals surface area contributed by atoms with Crippen LogP contribution in [0.4, 0.5) is 11.5 Å². The maximum absolute atomic E-state index is 13.7. The van der Waals surface area contributed by atoms with Crippen LogP contribution in [0.3, 0.4) is 0 Å². The van der Waals surface area contributed by atoms with Gasteiger partial charge < -0.3 is 5.73 Å². The van der Waals surface area contributed by atoms with Crippen molar-refractivity contribution in [2.45, 2.75) is 40.2 Å². The van der Waals surface area contributed by atoms with Gasteiger partial charge in [-0.15, -0.1) is 0 Å². The zero-order valence-corrected chi connectivity index (χ0v) is 18.7. The van der Waals surface area contributed by atoms with Gasteiger partial charge in [-0.2, -0.15) is 5.10 Å². The molecule has 3 N–H and O–H groups in total. The van der Waals surface area contributed by atoms with Crippen molar-refractivity contribution < 1.29 is 4.79 Å². The number of benzene rings is 1. The van der Waals surface area contributed by atoms with Crippen molar-refractivity contribution in [1.82, 2.24) is 19.3 Å². The van der Waals surface area contributed by atoms with E-state index < -0.39 is 17.2 Å². The minimum absolute atomic E-state index is 0.0208. The number of amides is 1. The van der Waals surface area contributed by atoms with Crippen LogP contribution in [0.25, 0.3) is 10.8 Å². The van der Waals surface area contributed by atoms with Crippen LogP contribution in [0, 0.1) is 5.92 Å². The number of nitrogens with two attached hydrogens (primary N) is 1. The first kappa shape index (κ1) is 23.0. The fourth-order valence-corrected chi connectivity index (χ4v) is 3.60. The highest BCUT2D eigenvalue weighted by Gasteiger charge is 2.28. The minimum Gasteiger partial charge on any atom is -0.383 e. The SMILES string of the molecule is CCCCn1c(N)c(N(CC(C)C)C(=O)c2nn(C)c(=O)c3ccccc23)c(=O)[nH]c1=O. The number of H-pyrrole nitrogens is 1. The monoisotopic (exact) mass is 440 g/mol. The average molecular weight is 441 g/mol. The molecule has 0 saturated carbocycles. The molecule has 1 aromatic carbocycles. The molecule has 2 heterocycles. The second-order valence-corrected chi connectivity index (χ2v) is 8.13. The van der Waals surface area contributed by atoms with Crippen molar-refractivity contribution in [1.29, 1.82) is 0 Å².